The molecular formula is C14H14N2O3. The topological polar surface area (TPSA) is 78.9 Å². The number of nitrogens with zero attached hydrogens (tertiary/aromatic N) is 2. The molecule has 0 aliphatic heterocycles. The normalized spacial score (nSPS) is 11.6. The fourth-order valence-corrected chi connectivity index (χ4v) is 1.67. The molecule has 0 aromatic heterocycles. The third kappa shape index (κ3) is 2.49. The summed E-state index contributed by atoms with van der Waals surface area (Å²) in [4.78, 5) is 0.302. The molecule has 2 aromatic carbocycles. The van der Waals surface area contributed by atoms with Crippen LogP contribution in [-0.2, 0) is 0 Å². The maximum Gasteiger partial charge on any atom is 0.286 e. The average Bonchev–Trinajstić information content (AvgIpc) is 2.38. The van der Waals surface area contributed by atoms with Gasteiger partial charge in [-0.1, -0.05) is 24.3 Å². The quantitative estimate of drug-likeness (QED) is 0.490. The van der Waals surface area contributed by atoms with Gasteiger partial charge in [0.2, 0.25) is 0 Å². The van der Waals surface area contributed by atoms with E-state index in [0.29, 0.717) is 16.0 Å². The SMILES string of the molecule is Cc1cccc(N=[N+]([O-])c2cccc(C)c2O)c1O. The Balaban J connectivity index is 2.49. The lowest BCUT2D eigenvalue weighted by Crippen LogP contribution is -1.92. The highest BCUT2D eigenvalue weighted by molar-refractivity contribution is 5.54. The van der Waals surface area contributed by atoms with E-state index in [-0.39, 0.29) is 22.9 Å². The van der Waals surface area contributed by atoms with E-state index in [2.05, 4.69) is 5.11 Å². The molecule has 0 fully saturated rings. The summed E-state index contributed by atoms with van der Waals surface area (Å²) in [5.74, 6) is -0.163. The van der Waals surface area contributed by atoms with E-state index in [1.807, 2.05) is 0 Å². The van der Waals surface area contributed by atoms with E-state index < -0.39 is 0 Å². The molecular weight excluding hydrogens is 244 g/mol. The highest BCUT2D eigenvalue weighted by atomic mass is 16.5. The minimum Gasteiger partial charge on any atom is -0.594 e. The molecule has 0 saturated heterocycles. The fraction of sp³-hybridized carbons (Fsp3) is 0.143. The first-order chi connectivity index (χ1) is 9.00. The van der Waals surface area contributed by atoms with Crippen LogP contribution in [-0.4, -0.2) is 15.1 Å². The van der Waals surface area contributed by atoms with E-state index in [1.165, 1.54) is 12.1 Å². The van der Waals surface area contributed by atoms with Gasteiger partial charge in [0.05, 0.1) is 0 Å². The minimum absolute atomic E-state index is 0.0425. The van der Waals surface area contributed by atoms with Gasteiger partial charge >= 0.3 is 0 Å². The number of rotatable bonds is 2. The highest BCUT2D eigenvalue weighted by Crippen LogP contribution is 2.33. The Morgan fingerprint density at radius 1 is 0.947 bits per heavy atom. The zero-order valence-corrected chi connectivity index (χ0v) is 10.7. The van der Waals surface area contributed by atoms with Crippen molar-refractivity contribution in [2.45, 2.75) is 13.8 Å². The van der Waals surface area contributed by atoms with Gasteiger partial charge in [-0.15, -0.1) is 0 Å². The van der Waals surface area contributed by atoms with Crippen molar-refractivity contribution in [1.29, 1.82) is 0 Å². The van der Waals surface area contributed by atoms with Gasteiger partial charge < -0.3 is 15.4 Å². The third-order valence-electron chi connectivity index (χ3n) is 2.84. The zero-order chi connectivity index (χ0) is 14.0. The van der Waals surface area contributed by atoms with E-state index >= 15 is 0 Å². The van der Waals surface area contributed by atoms with Gasteiger partial charge in [-0.25, -0.2) is 0 Å². The summed E-state index contributed by atoms with van der Waals surface area (Å²) in [5.41, 5.74) is 1.42. The second-order valence-corrected chi connectivity index (χ2v) is 4.26. The maximum absolute atomic E-state index is 11.9. The Labute approximate surface area is 110 Å². The lowest BCUT2D eigenvalue weighted by atomic mass is 10.2. The molecule has 0 aliphatic carbocycles. The van der Waals surface area contributed by atoms with Crippen molar-refractivity contribution in [1.82, 2.24) is 0 Å². The predicted molar refractivity (Wildman–Crippen MR) is 71.1 cm³/mol. The zero-order valence-electron chi connectivity index (χ0n) is 10.7. The fourth-order valence-electron chi connectivity index (χ4n) is 1.67. The van der Waals surface area contributed by atoms with Crippen molar-refractivity contribution >= 4 is 11.4 Å². The van der Waals surface area contributed by atoms with Gasteiger partial charge in [-0.2, -0.15) is 0 Å². The first-order valence-corrected chi connectivity index (χ1v) is 5.77. The van der Waals surface area contributed by atoms with Crippen LogP contribution < -0.4 is 0 Å². The Hall–Kier alpha value is -2.56. The van der Waals surface area contributed by atoms with Gasteiger partial charge in [0, 0.05) is 11.2 Å². The summed E-state index contributed by atoms with van der Waals surface area (Å²) in [5, 5.41) is 35.3. The number of phenols is 2. The summed E-state index contributed by atoms with van der Waals surface area (Å²) in [7, 11) is 0. The molecule has 0 spiro atoms. The number of phenolic OH excluding ortho intramolecular Hbond substituents is 2. The lowest BCUT2D eigenvalue weighted by molar-refractivity contribution is -0.436. The Kier molecular flexibility index (Phi) is 3.37. The maximum atomic E-state index is 11.9. The molecule has 5 heteroatoms. The van der Waals surface area contributed by atoms with Crippen LogP contribution in [0.5, 0.6) is 11.5 Å². The van der Waals surface area contributed by atoms with Crippen LogP contribution in [0.15, 0.2) is 41.5 Å². The van der Waals surface area contributed by atoms with E-state index in [0.717, 1.165) is 0 Å². The standard InChI is InChI=1S/C14H14N2O3/c1-9-5-3-7-11(13(9)17)15-16(19)12-8-4-6-10(2)14(12)18/h3-8,17-18H,1-2H3. The average molecular weight is 258 g/mol. The summed E-state index contributed by atoms with van der Waals surface area (Å²) >= 11 is 0. The van der Waals surface area contributed by atoms with Crippen molar-refractivity contribution < 1.29 is 15.1 Å². The van der Waals surface area contributed by atoms with Gasteiger partial charge in [0.25, 0.3) is 5.69 Å². The van der Waals surface area contributed by atoms with E-state index in [1.54, 1.807) is 38.1 Å². The van der Waals surface area contributed by atoms with Gasteiger partial charge in [-0.3, -0.25) is 0 Å². The van der Waals surface area contributed by atoms with Crippen molar-refractivity contribution in [3.63, 3.8) is 0 Å². The molecule has 0 saturated carbocycles. The van der Waals surface area contributed by atoms with Gasteiger partial charge in [-0.05, 0) is 35.9 Å². The number of aryl methyl sites for hydroxylation is 2. The Morgan fingerprint density at radius 2 is 1.53 bits per heavy atom. The van der Waals surface area contributed by atoms with Crippen LogP contribution in [0, 0.1) is 19.1 Å². The summed E-state index contributed by atoms with van der Waals surface area (Å²) in [6.07, 6.45) is 0. The van der Waals surface area contributed by atoms with Crippen LogP contribution in [0.4, 0.5) is 11.4 Å². The van der Waals surface area contributed by atoms with Crippen LogP contribution >= 0.6 is 0 Å². The van der Waals surface area contributed by atoms with Crippen molar-refractivity contribution in [2.24, 2.45) is 5.11 Å². The minimum atomic E-state index is -0.117. The molecule has 2 rings (SSSR count). The molecule has 5 nitrogen and oxygen atoms in total. The first-order valence-electron chi connectivity index (χ1n) is 5.77. The van der Waals surface area contributed by atoms with Crippen LogP contribution in [0.2, 0.25) is 0 Å². The molecule has 0 atom stereocenters. The van der Waals surface area contributed by atoms with Crippen LogP contribution in [0.1, 0.15) is 11.1 Å². The number of benzene rings is 2. The predicted octanol–water partition coefficient (Wildman–Crippen LogP) is 3.64. The van der Waals surface area contributed by atoms with Gasteiger partial charge in [0.15, 0.2) is 11.4 Å². The van der Waals surface area contributed by atoms with Crippen LogP contribution in [0.25, 0.3) is 0 Å². The number of azo groups is 1. The molecule has 2 N–H and O–H groups in total. The molecule has 2 aromatic rings. The number of hydrogen-bond acceptors (Lipinski definition) is 4. The monoisotopic (exact) mass is 258 g/mol. The summed E-state index contributed by atoms with van der Waals surface area (Å²) in [6, 6.07) is 9.74. The van der Waals surface area contributed by atoms with Crippen molar-refractivity contribution in [3.8, 4) is 11.5 Å². The number of para-hydroxylation sites is 2. The smallest absolute Gasteiger partial charge is 0.286 e. The molecule has 0 amide bonds. The first kappa shape index (κ1) is 12.9. The van der Waals surface area contributed by atoms with Crippen molar-refractivity contribution in [2.75, 3.05) is 0 Å². The van der Waals surface area contributed by atoms with Crippen LogP contribution in [0.3, 0.4) is 0 Å². The number of hydrogen-bond donors (Lipinski definition) is 2. The van der Waals surface area contributed by atoms with Gasteiger partial charge in [0.1, 0.15) is 5.75 Å². The Morgan fingerprint density at radius 3 is 2.21 bits per heavy atom. The number of aromatic hydroxyl groups is 2. The molecule has 0 heterocycles. The summed E-state index contributed by atoms with van der Waals surface area (Å²) < 4.78 is 0. The third-order valence-corrected chi connectivity index (χ3v) is 2.84. The molecule has 0 aliphatic rings. The lowest BCUT2D eigenvalue weighted by Gasteiger charge is -2.05. The largest absolute Gasteiger partial charge is 0.594 e. The van der Waals surface area contributed by atoms with E-state index in [4.69, 9.17) is 0 Å². The van der Waals surface area contributed by atoms with E-state index in [9.17, 15) is 15.4 Å². The second kappa shape index (κ2) is 4.97. The Bertz CT molecular complexity index is 651. The molecule has 19 heavy (non-hydrogen) atoms. The molecule has 0 bridgehead atoms. The van der Waals surface area contributed by atoms with Crippen molar-refractivity contribution in [3.05, 3.63) is 52.7 Å². The molecule has 98 valence electrons. The molecule has 0 unspecified atom stereocenters. The molecule has 0 radical (unpaired) electrons. The highest BCUT2D eigenvalue weighted by Gasteiger charge is 2.14. The summed E-state index contributed by atoms with van der Waals surface area (Å²) in [6.45, 7) is 3.41. The second-order valence-electron chi connectivity index (χ2n) is 4.26.